The normalized spacial score (nSPS) is 13.4. The van der Waals surface area contributed by atoms with Crippen LogP contribution >= 0.6 is 11.3 Å². The van der Waals surface area contributed by atoms with Gasteiger partial charge in [0.15, 0.2) is 0 Å². The zero-order valence-corrected chi connectivity index (χ0v) is 19.7. The summed E-state index contributed by atoms with van der Waals surface area (Å²) in [5, 5.41) is 16.2. The van der Waals surface area contributed by atoms with Crippen molar-refractivity contribution < 1.29 is 17.7 Å². The van der Waals surface area contributed by atoms with Crippen LogP contribution < -0.4 is 0 Å². The summed E-state index contributed by atoms with van der Waals surface area (Å²) >= 11 is 1.49. The SMILES string of the molecule is Cc1cc(C)c(S(=O)(=O)OC[C@@H](O)[C@H](Cc2cc(-c3ccccc3)cs2)N=[N+]=[N-])c(C)c1. The minimum Gasteiger partial charge on any atom is -0.390 e. The molecule has 9 heteroatoms. The number of nitrogens with zero attached hydrogens (tertiary/aromatic N) is 3. The van der Waals surface area contributed by atoms with Crippen molar-refractivity contribution in [3.05, 3.63) is 85.9 Å². The maximum absolute atomic E-state index is 12.8. The first-order chi connectivity index (χ1) is 15.2. The van der Waals surface area contributed by atoms with E-state index in [2.05, 4.69) is 10.0 Å². The summed E-state index contributed by atoms with van der Waals surface area (Å²) in [7, 11) is -4.08. The van der Waals surface area contributed by atoms with Crippen LogP contribution in [0.4, 0.5) is 0 Å². The fourth-order valence-electron chi connectivity index (χ4n) is 3.69. The highest BCUT2D eigenvalue weighted by Gasteiger charge is 2.26. The van der Waals surface area contributed by atoms with Gasteiger partial charge in [-0.25, -0.2) is 0 Å². The van der Waals surface area contributed by atoms with E-state index in [4.69, 9.17) is 9.71 Å². The highest BCUT2D eigenvalue weighted by molar-refractivity contribution is 7.86. The fraction of sp³-hybridized carbons (Fsp3) is 0.304. The second-order valence-corrected chi connectivity index (χ2v) is 10.2. The van der Waals surface area contributed by atoms with Crippen LogP contribution in [0.2, 0.25) is 0 Å². The molecule has 0 spiro atoms. The van der Waals surface area contributed by atoms with E-state index >= 15 is 0 Å². The number of azide groups is 1. The van der Waals surface area contributed by atoms with Crippen molar-refractivity contribution in [2.24, 2.45) is 5.11 Å². The predicted molar refractivity (Wildman–Crippen MR) is 126 cm³/mol. The molecule has 2 aromatic carbocycles. The summed E-state index contributed by atoms with van der Waals surface area (Å²) < 4.78 is 30.7. The molecule has 0 radical (unpaired) electrons. The van der Waals surface area contributed by atoms with Gasteiger partial charge in [-0.1, -0.05) is 53.1 Å². The van der Waals surface area contributed by atoms with Crippen molar-refractivity contribution in [1.82, 2.24) is 0 Å². The van der Waals surface area contributed by atoms with Gasteiger partial charge in [0.25, 0.3) is 10.1 Å². The van der Waals surface area contributed by atoms with Gasteiger partial charge in [-0.05, 0) is 66.4 Å². The van der Waals surface area contributed by atoms with Gasteiger partial charge < -0.3 is 5.11 Å². The Kier molecular flexibility index (Phi) is 7.71. The molecule has 0 aliphatic carbocycles. The quantitative estimate of drug-likeness (QED) is 0.197. The van der Waals surface area contributed by atoms with E-state index in [1.807, 2.05) is 48.7 Å². The van der Waals surface area contributed by atoms with Crippen LogP contribution in [0.1, 0.15) is 21.6 Å². The first-order valence-corrected chi connectivity index (χ1v) is 12.3. The number of thiophene rings is 1. The lowest BCUT2D eigenvalue weighted by atomic mass is 10.1. The highest BCUT2D eigenvalue weighted by Crippen LogP contribution is 2.28. The Morgan fingerprint density at radius 2 is 1.75 bits per heavy atom. The Morgan fingerprint density at radius 3 is 2.38 bits per heavy atom. The molecule has 3 rings (SSSR count). The zero-order chi connectivity index (χ0) is 23.3. The van der Waals surface area contributed by atoms with Crippen LogP contribution in [-0.2, 0) is 20.7 Å². The summed E-state index contributed by atoms with van der Waals surface area (Å²) in [5.74, 6) is 0. The van der Waals surface area contributed by atoms with Crippen LogP contribution in [0, 0.1) is 20.8 Å². The van der Waals surface area contributed by atoms with Crippen LogP contribution in [0.25, 0.3) is 21.6 Å². The van der Waals surface area contributed by atoms with E-state index in [0.717, 1.165) is 21.6 Å². The molecule has 0 unspecified atom stereocenters. The lowest BCUT2D eigenvalue weighted by Crippen LogP contribution is -2.31. The lowest BCUT2D eigenvalue weighted by Gasteiger charge is -2.19. The molecule has 0 bridgehead atoms. The molecule has 0 fully saturated rings. The molecule has 32 heavy (non-hydrogen) atoms. The third-order valence-electron chi connectivity index (χ3n) is 5.06. The number of aliphatic hydroxyl groups excluding tert-OH is 1. The van der Waals surface area contributed by atoms with E-state index in [-0.39, 0.29) is 11.3 Å². The molecule has 168 valence electrons. The van der Waals surface area contributed by atoms with Crippen LogP contribution in [0.3, 0.4) is 0 Å². The van der Waals surface area contributed by atoms with Gasteiger partial charge in [0.2, 0.25) is 0 Å². The molecule has 3 aromatic rings. The summed E-state index contributed by atoms with van der Waals surface area (Å²) in [4.78, 5) is 3.83. The summed E-state index contributed by atoms with van der Waals surface area (Å²) in [6.07, 6.45) is -1.01. The highest BCUT2D eigenvalue weighted by atomic mass is 32.2. The number of benzene rings is 2. The van der Waals surface area contributed by atoms with Gasteiger partial charge in [-0.3, -0.25) is 4.18 Å². The van der Waals surface area contributed by atoms with Gasteiger partial charge in [0.1, 0.15) is 0 Å². The molecule has 1 aromatic heterocycles. The number of hydrogen-bond donors (Lipinski definition) is 1. The lowest BCUT2D eigenvalue weighted by molar-refractivity contribution is 0.0881. The monoisotopic (exact) mass is 471 g/mol. The first kappa shape index (κ1) is 24.0. The van der Waals surface area contributed by atoms with E-state index in [1.165, 1.54) is 11.3 Å². The minimum atomic E-state index is -4.08. The predicted octanol–water partition coefficient (Wildman–Crippen LogP) is 5.33. The summed E-state index contributed by atoms with van der Waals surface area (Å²) in [6, 6.07) is 14.5. The first-order valence-electron chi connectivity index (χ1n) is 10.0. The Bertz CT molecular complexity index is 1210. The van der Waals surface area contributed by atoms with Crippen molar-refractivity contribution in [2.75, 3.05) is 6.61 Å². The Balaban J connectivity index is 1.71. The Labute approximate surface area is 192 Å². The smallest absolute Gasteiger partial charge is 0.297 e. The van der Waals surface area contributed by atoms with Gasteiger partial charge in [-0.2, -0.15) is 8.42 Å². The van der Waals surface area contributed by atoms with Gasteiger partial charge in [-0.15, -0.1) is 11.3 Å². The third kappa shape index (κ3) is 5.76. The maximum Gasteiger partial charge on any atom is 0.297 e. The van der Waals surface area contributed by atoms with E-state index in [9.17, 15) is 13.5 Å². The van der Waals surface area contributed by atoms with Crippen LogP contribution in [0.15, 0.2) is 63.9 Å². The van der Waals surface area contributed by atoms with Gasteiger partial charge >= 0.3 is 0 Å². The number of aryl methyl sites for hydroxylation is 3. The molecule has 2 atom stereocenters. The molecule has 0 aliphatic heterocycles. The molecule has 7 nitrogen and oxygen atoms in total. The standard InChI is InChI=1S/C23H25N3O4S2/c1-15-9-16(2)23(17(3)10-15)32(28,29)30-13-22(27)21(25-26-24)12-20-11-19(14-31-20)18-7-5-4-6-8-18/h4-11,14,21-22,27H,12-13H2,1-3H3/t21-,22+/m0/s1. The largest absolute Gasteiger partial charge is 0.390 e. The zero-order valence-electron chi connectivity index (χ0n) is 18.1. The molecular weight excluding hydrogens is 446 g/mol. The van der Waals surface area contributed by atoms with Crippen LogP contribution in [-0.4, -0.2) is 32.3 Å². The van der Waals surface area contributed by atoms with E-state index < -0.39 is 28.9 Å². The second-order valence-electron chi connectivity index (χ2n) is 7.68. The molecule has 0 amide bonds. The minimum absolute atomic E-state index is 0.0985. The average molecular weight is 472 g/mol. The summed E-state index contributed by atoms with van der Waals surface area (Å²) in [5.41, 5.74) is 13.1. The summed E-state index contributed by atoms with van der Waals surface area (Å²) in [6.45, 7) is 4.79. The van der Waals surface area contributed by atoms with Crippen molar-refractivity contribution in [2.45, 2.75) is 44.2 Å². The molecule has 0 saturated heterocycles. The second kappa shape index (κ2) is 10.3. The van der Waals surface area contributed by atoms with Crippen molar-refractivity contribution in [3.8, 4) is 11.1 Å². The van der Waals surface area contributed by atoms with Gasteiger partial charge in [0.05, 0.1) is 23.6 Å². The van der Waals surface area contributed by atoms with Crippen molar-refractivity contribution >= 4 is 21.5 Å². The Hall–Kier alpha value is -2.68. The molecule has 1 N–H and O–H groups in total. The third-order valence-corrected chi connectivity index (χ3v) is 7.61. The van der Waals surface area contributed by atoms with Crippen molar-refractivity contribution in [1.29, 1.82) is 0 Å². The maximum atomic E-state index is 12.8. The molecule has 0 aliphatic rings. The van der Waals surface area contributed by atoms with E-state index in [0.29, 0.717) is 11.1 Å². The number of aliphatic hydroxyl groups is 1. The van der Waals surface area contributed by atoms with Gasteiger partial charge in [0, 0.05) is 9.79 Å². The Morgan fingerprint density at radius 1 is 1.09 bits per heavy atom. The van der Waals surface area contributed by atoms with Crippen LogP contribution in [0.5, 0.6) is 0 Å². The number of rotatable bonds is 9. The molecule has 1 heterocycles. The number of hydrogen-bond acceptors (Lipinski definition) is 6. The fourth-order valence-corrected chi connectivity index (χ4v) is 5.97. The topological polar surface area (TPSA) is 112 Å². The van der Waals surface area contributed by atoms with E-state index in [1.54, 1.807) is 26.0 Å². The van der Waals surface area contributed by atoms with Crippen molar-refractivity contribution in [3.63, 3.8) is 0 Å². The molecule has 0 saturated carbocycles. The molecular formula is C23H25N3O4S2. The average Bonchev–Trinajstić information content (AvgIpc) is 3.20.